The van der Waals surface area contributed by atoms with Gasteiger partial charge in [0, 0.05) is 25.2 Å². The van der Waals surface area contributed by atoms with Gasteiger partial charge in [0.05, 0.1) is 5.92 Å². The standard InChI is InChI=1S/C15H22N2O/c1-11-10-17(12(2)9-16-11)15(18)13(3)14-7-5-4-6-8-14/h4-8,11-13,16H,9-10H2,1-3H3. The van der Waals surface area contributed by atoms with Crippen molar-refractivity contribution < 1.29 is 4.79 Å². The normalized spacial score (nSPS) is 25.8. The van der Waals surface area contributed by atoms with Crippen LogP contribution in [0, 0.1) is 0 Å². The Kier molecular flexibility index (Phi) is 4.02. The number of amides is 1. The van der Waals surface area contributed by atoms with Crippen LogP contribution in [0.25, 0.3) is 0 Å². The minimum absolute atomic E-state index is 0.0565. The SMILES string of the molecule is CC1CN(C(=O)C(C)c2ccccc2)C(C)CN1. The summed E-state index contributed by atoms with van der Waals surface area (Å²) in [4.78, 5) is 14.6. The molecule has 3 nitrogen and oxygen atoms in total. The molecule has 98 valence electrons. The maximum Gasteiger partial charge on any atom is 0.230 e. The van der Waals surface area contributed by atoms with Gasteiger partial charge in [-0.2, -0.15) is 0 Å². The minimum atomic E-state index is -0.0565. The predicted molar refractivity (Wildman–Crippen MR) is 73.5 cm³/mol. The Morgan fingerprint density at radius 2 is 2.00 bits per heavy atom. The highest BCUT2D eigenvalue weighted by Gasteiger charge is 2.29. The third-order valence-electron chi connectivity index (χ3n) is 3.72. The van der Waals surface area contributed by atoms with Crippen LogP contribution < -0.4 is 5.32 Å². The molecule has 3 atom stereocenters. The summed E-state index contributed by atoms with van der Waals surface area (Å²) < 4.78 is 0. The quantitative estimate of drug-likeness (QED) is 0.865. The van der Waals surface area contributed by atoms with Gasteiger partial charge in [-0.05, 0) is 26.3 Å². The Hall–Kier alpha value is -1.35. The smallest absolute Gasteiger partial charge is 0.230 e. The van der Waals surface area contributed by atoms with Crippen molar-refractivity contribution in [3.05, 3.63) is 35.9 Å². The molecule has 0 bridgehead atoms. The molecule has 1 heterocycles. The zero-order chi connectivity index (χ0) is 13.1. The summed E-state index contributed by atoms with van der Waals surface area (Å²) in [5.41, 5.74) is 1.10. The summed E-state index contributed by atoms with van der Waals surface area (Å²) in [5.74, 6) is 0.181. The second kappa shape index (κ2) is 5.53. The lowest BCUT2D eigenvalue weighted by molar-refractivity contribution is -0.135. The van der Waals surface area contributed by atoms with Gasteiger partial charge in [-0.25, -0.2) is 0 Å². The zero-order valence-electron chi connectivity index (χ0n) is 11.4. The van der Waals surface area contributed by atoms with Crippen LogP contribution in [0.4, 0.5) is 0 Å². The van der Waals surface area contributed by atoms with Crippen LogP contribution in [0.3, 0.4) is 0 Å². The molecule has 0 spiro atoms. The van der Waals surface area contributed by atoms with Crippen LogP contribution in [0.2, 0.25) is 0 Å². The van der Waals surface area contributed by atoms with E-state index in [0.29, 0.717) is 6.04 Å². The molecule has 18 heavy (non-hydrogen) atoms. The van der Waals surface area contributed by atoms with Crippen LogP contribution in [-0.2, 0) is 4.79 Å². The molecule has 1 aliphatic rings. The van der Waals surface area contributed by atoms with Crippen LogP contribution in [0.1, 0.15) is 32.3 Å². The number of nitrogens with zero attached hydrogens (tertiary/aromatic N) is 1. The summed E-state index contributed by atoms with van der Waals surface area (Å²) in [7, 11) is 0. The van der Waals surface area contributed by atoms with E-state index in [2.05, 4.69) is 19.2 Å². The van der Waals surface area contributed by atoms with E-state index in [-0.39, 0.29) is 17.9 Å². The van der Waals surface area contributed by atoms with E-state index >= 15 is 0 Å². The largest absolute Gasteiger partial charge is 0.337 e. The second-order valence-corrected chi connectivity index (χ2v) is 5.28. The molecule has 1 N–H and O–H groups in total. The third kappa shape index (κ3) is 2.72. The lowest BCUT2D eigenvalue weighted by atomic mass is 9.98. The fraction of sp³-hybridized carbons (Fsp3) is 0.533. The number of piperazine rings is 1. The summed E-state index contributed by atoms with van der Waals surface area (Å²) in [6.45, 7) is 7.91. The number of hydrogen-bond donors (Lipinski definition) is 1. The first-order valence-corrected chi connectivity index (χ1v) is 6.68. The van der Waals surface area contributed by atoms with Gasteiger partial charge in [-0.15, -0.1) is 0 Å². The minimum Gasteiger partial charge on any atom is -0.337 e. The Morgan fingerprint density at radius 1 is 1.33 bits per heavy atom. The summed E-state index contributed by atoms with van der Waals surface area (Å²) >= 11 is 0. The van der Waals surface area contributed by atoms with Crippen molar-refractivity contribution in [2.45, 2.75) is 38.8 Å². The van der Waals surface area contributed by atoms with Crippen LogP contribution in [0.5, 0.6) is 0 Å². The molecule has 1 fully saturated rings. The van der Waals surface area contributed by atoms with Gasteiger partial charge >= 0.3 is 0 Å². The molecule has 0 radical (unpaired) electrons. The average molecular weight is 246 g/mol. The van der Waals surface area contributed by atoms with E-state index in [0.717, 1.165) is 18.7 Å². The molecule has 0 saturated carbocycles. The van der Waals surface area contributed by atoms with Crippen molar-refractivity contribution in [3.63, 3.8) is 0 Å². The Bertz CT molecular complexity index is 404. The molecule has 1 aromatic carbocycles. The van der Waals surface area contributed by atoms with Gasteiger partial charge in [0.1, 0.15) is 0 Å². The fourth-order valence-electron chi connectivity index (χ4n) is 2.46. The van der Waals surface area contributed by atoms with Crippen LogP contribution in [0.15, 0.2) is 30.3 Å². The highest BCUT2D eigenvalue weighted by molar-refractivity contribution is 5.83. The average Bonchev–Trinajstić information content (AvgIpc) is 2.41. The van der Waals surface area contributed by atoms with E-state index in [1.165, 1.54) is 0 Å². The van der Waals surface area contributed by atoms with Gasteiger partial charge in [-0.3, -0.25) is 4.79 Å². The van der Waals surface area contributed by atoms with E-state index < -0.39 is 0 Å². The van der Waals surface area contributed by atoms with E-state index in [1.807, 2.05) is 42.2 Å². The molecule has 0 aliphatic carbocycles. The first kappa shape index (κ1) is 13.1. The zero-order valence-corrected chi connectivity index (χ0v) is 11.4. The third-order valence-corrected chi connectivity index (χ3v) is 3.72. The van der Waals surface area contributed by atoms with Crippen molar-refractivity contribution in [1.82, 2.24) is 10.2 Å². The maximum atomic E-state index is 12.6. The maximum absolute atomic E-state index is 12.6. The first-order valence-electron chi connectivity index (χ1n) is 6.68. The van der Waals surface area contributed by atoms with Crippen LogP contribution in [-0.4, -0.2) is 36.0 Å². The molecule has 1 amide bonds. The number of nitrogens with one attached hydrogen (secondary N) is 1. The Balaban J connectivity index is 2.10. The van der Waals surface area contributed by atoms with Gasteiger partial charge in [-0.1, -0.05) is 30.3 Å². The fourth-order valence-corrected chi connectivity index (χ4v) is 2.46. The van der Waals surface area contributed by atoms with Gasteiger partial charge < -0.3 is 10.2 Å². The lowest BCUT2D eigenvalue weighted by Crippen LogP contribution is -2.57. The van der Waals surface area contributed by atoms with Crippen molar-refractivity contribution in [2.24, 2.45) is 0 Å². The van der Waals surface area contributed by atoms with Crippen LogP contribution >= 0.6 is 0 Å². The van der Waals surface area contributed by atoms with Crippen molar-refractivity contribution in [2.75, 3.05) is 13.1 Å². The highest BCUT2D eigenvalue weighted by Crippen LogP contribution is 2.20. The molecule has 3 unspecified atom stereocenters. The molecule has 3 heteroatoms. The van der Waals surface area contributed by atoms with E-state index in [9.17, 15) is 4.79 Å². The molecule has 1 aliphatic heterocycles. The van der Waals surface area contributed by atoms with Gasteiger partial charge in [0.25, 0.3) is 0 Å². The topological polar surface area (TPSA) is 32.3 Å². The molecule has 1 saturated heterocycles. The highest BCUT2D eigenvalue weighted by atomic mass is 16.2. The molecule has 2 rings (SSSR count). The summed E-state index contributed by atoms with van der Waals surface area (Å²) in [5, 5.41) is 3.40. The first-order chi connectivity index (χ1) is 8.59. The lowest BCUT2D eigenvalue weighted by Gasteiger charge is -2.39. The predicted octanol–water partition coefficient (Wildman–Crippen LogP) is 2.00. The summed E-state index contributed by atoms with van der Waals surface area (Å²) in [6, 6.07) is 10.7. The second-order valence-electron chi connectivity index (χ2n) is 5.28. The van der Waals surface area contributed by atoms with Crippen molar-refractivity contribution in [1.29, 1.82) is 0 Å². The van der Waals surface area contributed by atoms with Crippen molar-refractivity contribution in [3.8, 4) is 0 Å². The molecule has 0 aromatic heterocycles. The molecule has 1 aromatic rings. The Morgan fingerprint density at radius 3 is 2.67 bits per heavy atom. The number of hydrogen-bond acceptors (Lipinski definition) is 2. The summed E-state index contributed by atoms with van der Waals surface area (Å²) in [6.07, 6.45) is 0. The van der Waals surface area contributed by atoms with E-state index in [1.54, 1.807) is 0 Å². The van der Waals surface area contributed by atoms with E-state index in [4.69, 9.17) is 0 Å². The number of rotatable bonds is 2. The number of benzene rings is 1. The number of carbonyl (C=O) groups is 1. The molecular weight excluding hydrogens is 224 g/mol. The Labute approximate surface area is 109 Å². The molecular formula is C15H22N2O. The monoisotopic (exact) mass is 246 g/mol. The van der Waals surface area contributed by atoms with Crippen molar-refractivity contribution >= 4 is 5.91 Å². The number of carbonyl (C=O) groups excluding carboxylic acids is 1. The van der Waals surface area contributed by atoms with Gasteiger partial charge in [0.15, 0.2) is 0 Å². The van der Waals surface area contributed by atoms with Gasteiger partial charge in [0.2, 0.25) is 5.91 Å².